The van der Waals surface area contributed by atoms with Crippen LogP contribution in [0.5, 0.6) is 0 Å². The highest BCUT2D eigenvalue weighted by molar-refractivity contribution is 7.92. The van der Waals surface area contributed by atoms with Crippen molar-refractivity contribution >= 4 is 21.8 Å². The third-order valence-corrected chi connectivity index (χ3v) is 10.2. The molecule has 0 radical (unpaired) electrons. The molecule has 5 N–H and O–H groups in total. The number of unbranched alkanes of at least 4 members (excludes halogenated alkanes) is 1. The monoisotopic (exact) mass is 662 g/mol. The van der Waals surface area contributed by atoms with E-state index in [1.807, 2.05) is 32.8 Å². The van der Waals surface area contributed by atoms with Crippen LogP contribution in [0.3, 0.4) is 0 Å². The normalized spacial score (nSPS) is 38.1. The van der Waals surface area contributed by atoms with Crippen LogP contribution >= 0.6 is 0 Å². The second-order valence-corrected chi connectivity index (χ2v) is 15.4. The number of carbonyl (C=O) groups is 2. The van der Waals surface area contributed by atoms with Crippen LogP contribution in [0.1, 0.15) is 73.1 Å². The van der Waals surface area contributed by atoms with Crippen LogP contribution in [0.25, 0.3) is 0 Å². The van der Waals surface area contributed by atoms with Gasteiger partial charge in [0.1, 0.15) is 6.10 Å². The minimum Gasteiger partial charge on any atom is -0.392 e. The second kappa shape index (κ2) is 17.0. The average Bonchev–Trinajstić information content (AvgIpc) is 2.94. The zero-order valence-corrected chi connectivity index (χ0v) is 29.1. The summed E-state index contributed by atoms with van der Waals surface area (Å²) in [4.78, 5) is 30.2. The lowest BCUT2D eigenvalue weighted by molar-refractivity contribution is -0.299. The van der Waals surface area contributed by atoms with Gasteiger partial charge < -0.3 is 39.9 Å². The third-order valence-electron chi connectivity index (χ3n) is 9.15. The van der Waals surface area contributed by atoms with Crippen molar-refractivity contribution in [2.45, 2.75) is 122 Å². The minimum absolute atomic E-state index is 0.0377. The SMILES string of the molecule is C=CS(=O)(=O)NCCCC[C@H]1CC(=O)N(C)C[C@H](C)CC(C)(O)[C@H](OC2O[C@H](C)C[C@H](N(C)C)[C@H]2O)[C@@H](C)[C@H](O)C(C)C(=O)N1. The first kappa shape index (κ1) is 39.5. The Kier molecular flexibility index (Phi) is 14.9. The van der Waals surface area contributed by atoms with E-state index in [9.17, 15) is 33.3 Å². The molecule has 2 fully saturated rings. The summed E-state index contributed by atoms with van der Waals surface area (Å²) < 4.78 is 38.0. The van der Waals surface area contributed by atoms with E-state index < -0.39 is 64.0 Å². The predicted molar refractivity (Wildman–Crippen MR) is 171 cm³/mol. The fourth-order valence-corrected chi connectivity index (χ4v) is 7.14. The van der Waals surface area contributed by atoms with E-state index in [-0.39, 0.29) is 43.4 Å². The zero-order chi connectivity index (χ0) is 34.3. The summed E-state index contributed by atoms with van der Waals surface area (Å²) in [6.45, 7) is 12.5. The van der Waals surface area contributed by atoms with Crippen LogP contribution in [0.4, 0.5) is 0 Å². The molecule has 0 aromatic carbocycles. The van der Waals surface area contributed by atoms with Crippen molar-refractivity contribution in [2.24, 2.45) is 17.8 Å². The number of hydrogen-bond acceptors (Lipinski definition) is 10. The number of hydrogen-bond donors (Lipinski definition) is 5. The van der Waals surface area contributed by atoms with Crippen molar-refractivity contribution in [3.8, 4) is 0 Å². The predicted octanol–water partition coefficient (Wildman–Crippen LogP) is 0.788. The van der Waals surface area contributed by atoms with Crippen molar-refractivity contribution in [3.63, 3.8) is 0 Å². The van der Waals surface area contributed by atoms with Gasteiger partial charge in [0, 0.05) is 50.0 Å². The van der Waals surface area contributed by atoms with Gasteiger partial charge in [0.2, 0.25) is 21.8 Å². The number of amides is 2. The Labute approximate surface area is 269 Å². The molecule has 14 heteroatoms. The Morgan fingerprint density at radius 3 is 2.42 bits per heavy atom. The largest absolute Gasteiger partial charge is 0.392 e. The molecule has 2 heterocycles. The number of ether oxygens (including phenoxy) is 2. The molecule has 45 heavy (non-hydrogen) atoms. The first-order valence-electron chi connectivity index (χ1n) is 16.0. The zero-order valence-electron chi connectivity index (χ0n) is 28.3. The Morgan fingerprint density at radius 2 is 1.82 bits per heavy atom. The maximum atomic E-state index is 13.4. The summed E-state index contributed by atoms with van der Waals surface area (Å²) in [5.41, 5.74) is -1.52. The van der Waals surface area contributed by atoms with Crippen LogP contribution in [0, 0.1) is 17.8 Å². The highest BCUT2D eigenvalue weighted by atomic mass is 32.2. The van der Waals surface area contributed by atoms with E-state index in [0.717, 1.165) is 5.41 Å². The third kappa shape index (κ3) is 11.5. The summed E-state index contributed by atoms with van der Waals surface area (Å²) in [5.74, 6) is -2.49. The lowest BCUT2D eigenvalue weighted by Gasteiger charge is -2.46. The Bertz CT molecular complexity index is 1090. The molecule has 0 bridgehead atoms. The average molecular weight is 663 g/mol. The molecule has 0 aromatic heterocycles. The van der Waals surface area contributed by atoms with Crippen molar-refractivity contribution in [2.75, 3.05) is 34.2 Å². The second-order valence-electron chi connectivity index (χ2n) is 13.7. The highest BCUT2D eigenvalue weighted by Gasteiger charge is 2.47. The number of carbonyl (C=O) groups excluding carboxylic acids is 2. The van der Waals surface area contributed by atoms with Crippen LogP contribution in [0.2, 0.25) is 0 Å². The molecule has 3 unspecified atom stereocenters. The smallest absolute Gasteiger partial charge is 0.233 e. The summed E-state index contributed by atoms with van der Waals surface area (Å²) in [6.07, 6.45) is -2.28. The molecule has 0 saturated carbocycles. The number of aliphatic hydroxyl groups is 3. The Hall–Kier alpha value is -1.65. The number of likely N-dealkylation sites (N-methyl/N-ethyl adjacent to an activating group) is 1. The van der Waals surface area contributed by atoms with Gasteiger partial charge in [-0.3, -0.25) is 9.59 Å². The van der Waals surface area contributed by atoms with Crippen LogP contribution in [-0.2, 0) is 29.1 Å². The van der Waals surface area contributed by atoms with E-state index in [1.165, 1.54) is 0 Å². The van der Waals surface area contributed by atoms with Crippen LogP contribution in [0.15, 0.2) is 12.0 Å². The molecule has 13 nitrogen and oxygen atoms in total. The quantitative estimate of drug-likeness (QED) is 0.210. The lowest BCUT2D eigenvalue weighted by atomic mass is 9.77. The van der Waals surface area contributed by atoms with Gasteiger partial charge in [-0.15, -0.1) is 0 Å². The molecule has 0 spiro atoms. The topological polar surface area (TPSA) is 178 Å². The summed E-state index contributed by atoms with van der Waals surface area (Å²) in [5, 5.41) is 38.3. The number of nitrogens with one attached hydrogen (secondary N) is 2. The molecule has 2 aliphatic heterocycles. The van der Waals surface area contributed by atoms with E-state index in [1.54, 1.807) is 32.7 Å². The van der Waals surface area contributed by atoms with Gasteiger partial charge in [-0.05, 0) is 59.5 Å². The van der Waals surface area contributed by atoms with Crippen molar-refractivity contribution in [3.05, 3.63) is 12.0 Å². The fraction of sp³-hybridized carbons (Fsp3) is 0.871. The van der Waals surface area contributed by atoms with E-state index >= 15 is 0 Å². The summed E-state index contributed by atoms with van der Waals surface area (Å²) >= 11 is 0. The van der Waals surface area contributed by atoms with E-state index in [0.29, 0.717) is 32.2 Å². The first-order valence-corrected chi connectivity index (χ1v) is 17.6. The van der Waals surface area contributed by atoms with Crippen LogP contribution in [-0.4, -0.2) is 128 Å². The summed E-state index contributed by atoms with van der Waals surface area (Å²) in [6, 6.07) is -0.776. The van der Waals surface area contributed by atoms with Crippen molar-refractivity contribution in [1.29, 1.82) is 0 Å². The molecule has 262 valence electrons. The van der Waals surface area contributed by atoms with Gasteiger partial charge in [-0.1, -0.05) is 33.8 Å². The Balaban J connectivity index is 2.32. The van der Waals surface area contributed by atoms with Gasteiger partial charge in [0.05, 0.1) is 29.8 Å². The Morgan fingerprint density at radius 1 is 1.18 bits per heavy atom. The number of nitrogens with zero attached hydrogens (tertiary/aromatic N) is 2. The van der Waals surface area contributed by atoms with E-state index in [4.69, 9.17) is 9.47 Å². The molecule has 0 aromatic rings. The maximum absolute atomic E-state index is 13.4. The maximum Gasteiger partial charge on any atom is 0.233 e. The molecular weight excluding hydrogens is 604 g/mol. The standard InChI is InChI=1S/C31H58N4O9S/c1-10-45(41,42)32-14-12-11-13-23-16-25(36)35(9)18-19(2)17-31(6,40)28(21(4)26(37)22(5)29(39)33-23)44-30-27(38)24(34(7)8)15-20(3)43-30/h10,19-24,26-28,30,32,37-38,40H,1,11-18H2,2-9H3,(H,33,39)/t19-,20-,21+,22?,23+,24+,26+,27-,28-,30?,31?/m1/s1. The minimum atomic E-state index is -3.54. The number of rotatable bonds is 10. The van der Waals surface area contributed by atoms with Gasteiger partial charge in [-0.25, -0.2) is 13.1 Å². The molecule has 2 rings (SSSR count). The van der Waals surface area contributed by atoms with Gasteiger partial charge in [-0.2, -0.15) is 0 Å². The van der Waals surface area contributed by atoms with Gasteiger partial charge in [0.15, 0.2) is 6.29 Å². The number of sulfonamides is 1. The molecule has 2 aliphatic rings. The fourth-order valence-electron chi connectivity index (χ4n) is 6.59. The van der Waals surface area contributed by atoms with Crippen molar-refractivity contribution in [1.82, 2.24) is 19.8 Å². The highest BCUT2D eigenvalue weighted by Crippen LogP contribution is 2.35. The van der Waals surface area contributed by atoms with Crippen molar-refractivity contribution < 1.29 is 42.8 Å². The molecular formula is C31H58N4O9S. The first-order chi connectivity index (χ1) is 20.8. The molecule has 2 saturated heterocycles. The molecule has 2 amide bonds. The molecule has 0 aliphatic carbocycles. The van der Waals surface area contributed by atoms with Gasteiger partial charge in [0.25, 0.3) is 0 Å². The summed E-state index contributed by atoms with van der Waals surface area (Å²) in [7, 11) is 1.87. The lowest BCUT2D eigenvalue weighted by Crippen LogP contribution is -2.59. The molecule has 11 atom stereocenters. The van der Waals surface area contributed by atoms with Gasteiger partial charge >= 0.3 is 0 Å². The number of aliphatic hydroxyl groups excluding tert-OH is 2. The van der Waals surface area contributed by atoms with E-state index in [2.05, 4.69) is 16.6 Å². The van der Waals surface area contributed by atoms with Crippen LogP contribution < -0.4 is 10.0 Å².